The summed E-state index contributed by atoms with van der Waals surface area (Å²) in [4.78, 5) is 11.5. The fraction of sp³-hybridized carbons (Fsp3) is 0.308. The van der Waals surface area contributed by atoms with E-state index in [4.69, 9.17) is 16.3 Å². The van der Waals surface area contributed by atoms with Gasteiger partial charge in [0.05, 0.1) is 0 Å². The third kappa shape index (κ3) is 1.85. The summed E-state index contributed by atoms with van der Waals surface area (Å²) in [6.07, 6.45) is 1.14. The molecule has 3 heteroatoms. The first-order chi connectivity index (χ1) is 7.68. The molecule has 0 saturated carbocycles. The number of ether oxygens (including phenoxy) is 1. The average Bonchev–Trinajstić information content (AvgIpc) is 2.57. The number of alkyl halides is 1. The zero-order valence-corrected chi connectivity index (χ0v) is 9.67. The van der Waals surface area contributed by atoms with E-state index in [1.165, 1.54) is 0 Å². The minimum Gasteiger partial charge on any atom is -0.450 e. The second-order valence-corrected chi connectivity index (χ2v) is 4.35. The van der Waals surface area contributed by atoms with Gasteiger partial charge in [0.1, 0.15) is 5.60 Å². The Hall–Kier alpha value is -1.28. The van der Waals surface area contributed by atoms with Gasteiger partial charge in [-0.2, -0.15) is 0 Å². The molecule has 0 spiro atoms. The topological polar surface area (TPSA) is 26.3 Å². The summed E-state index contributed by atoms with van der Waals surface area (Å²) in [5.41, 5.74) is 0.911. The van der Waals surface area contributed by atoms with Crippen molar-refractivity contribution in [2.45, 2.75) is 18.4 Å². The van der Waals surface area contributed by atoms with E-state index < -0.39 is 5.60 Å². The van der Waals surface area contributed by atoms with E-state index in [0.717, 1.165) is 5.56 Å². The maximum atomic E-state index is 11.5. The number of hydrogen-bond donors (Lipinski definition) is 0. The smallest absolute Gasteiger partial charge is 0.334 e. The molecule has 2 rings (SSSR count). The Bertz CT molecular complexity index is 395. The van der Waals surface area contributed by atoms with Crippen LogP contribution in [-0.4, -0.2) is 11.8 Å². The highest BCUT2D eigenvalue weighted by molar-refractivity contribution is 6.17. The molecule has 1 aliphatic heterocycles. The lowest BCUT2D eigenvalue weighted by Gasteiger charge is -2.27. The summed E-state index contributed by atoms with van der Waals surface area (Å²) in [6, 6.07) is 9.71. The molecule has 1 aromatic carbocycles. The molecule has 1 unspecified atom stereocenters. The summed E-state index contributed by atoms with van der Waals surface area (Å²) in [7, 11) is 0. The fourth-order valence-electron chi connectivity index (χ4n) is 2.04. The monoisotopic (exact) mass is 236 g/mol. The minimum atomic E-state index is -0.600. The zero-order chi connectivity index (χ0) is 11.6. The molecule has 0 amide bonds. The third-order valence-electron chi connectivity index (χ3n) is 2.87. The number of hydrogen-bond acceptors (Lipinski definition) is 2. The van der Waals surface area contributed by atoms with Crippen LogP contribution in [0.15, 0.2) is 42.5 Å². The Morgan fingerprint density at radius 1 is 1.38 bits per heavy atom. The standard InChI is InChI=1S/C13H13ClO2/c1-10-9-13(7-8-14,16-12(10)15)11-5-3-2-4-6-11/h2-6H,1,7-9H2. The Morgan fingerprint density at radius 3 is 2.56 bits per heavy atom. The molecule has 1 aliphatic rings. The predicted octanol–water partition coefficient (Wildman–Crippen LogP) is 3.01. The van der Waals surface area contributed by atoms with Crippen molar-refractivity contribution >= 4 is 17.6 Å². The molecule has 0 bridgehead atoms. The quantitative estimate of drug-likeness (QED) is 0.458. The van der Waals surface area contributed by atoms with Crippen molar-refractivity contribution in [3.8, 4) is 0 Å². The SMILES string of the molecule is C=C1CC(CCCl)(c2ccccc2)OC1=O. The lowest BCUT2D eigenvalue weighted by atomic mass is 9.87. The molecule has 16 heavy (non-hydrogen) atoms. The normalized spacial score (nSPS) is 24.6. The highest BCUT2D eigenvalue weighted by Gasteiger charge is 2.43. The van der Waals surface area contributed by atoms with Crippen molar-refractivity contribution < 1.29 is 9.53 Å². The van der Waals surface area contributed by atoms with Gasteiger partial charge in [-0.15, -0.1) is 11.6 Å². The molecule has 1 saturated heterocycles. The van der Waals surface area contributed by atoms with Gasteiger partial charge in [0.25, 0.3) is 0 Å². The van der Waals surface area contributed by atoms with Crippen LogP contribution in [0.4, 0.5) is 0 Å². The fourth-order valence-corrected chi connectivity index (χ4v) is 2.35. The Balaban J connectivity index is 2.38. The number of carbonyl (C=O) groups is 1. The number of rotatable bonds is 3. The van der Waals surface area contributed by atoms with Crippen molar-refractivity contribution in [2.75, 3.05) is 5.88 Å². The van der Waals surface area contributed by atoms with E-state index in [2.05, 4.69) is 6.58 Å². The van der Waals surface area contributed by atoms with Crippen LogP contribution in [0.25, 0.3) is 0 Å². The molecular weight excluding hydrogens is 224 g/mol. The van der Waals surface area contributed by atoms with Crippen molar-refractivity contribution in [3.63, 3.8) is 0 Å². The van der Waals surface area contributed by atoms with Gasteiger partial charge >= 0.3 is 5.97 Å². The van der Waals surface area contributed by atoms with Gasteiger partial charge in [-0.3, -0.25) is 0 Å². The molecule has 2 nitrogen and oxygen atoms in total. The van der Waals surface area contributed by atoms with E-state index in [1.807, 2.05) is 30.3 Å². The third-order valence-corrected chi connectivity index (χ3v) is 3.06. The number of cyclic esters (lactones) is 1. The summed E-state index contributed by atoms with van der Waals surface area (Å²) in [5.74, 6) is 0.143. The van der Waals surface area contributed by atoms with Gasteiger partial charge in [-0.05, 0) is 5.56 Å². The molecule has 1 aromatic rings. The summed E-state index contributed by atoms with van der Waals surface area (Å²) >= 11 is 5.80. The molecule has 0 aromatic heterocycles. The van der Waals surface area contributed by atoms with Gasteiger partial charge in [-0.25, -0.2) is 4.79 Å². The van der Waals surface area contributed by atoms with Crippen LogP contribution >= 0.6 is 11.6 Å². The lowest BCUT2D eigenvalue weighted by molar-refractivity contribution is -0.147. The van der Waals surface area contributed by atoms with E-state index in [-0.39, 0.29) is 5.97 Å². The predicted molar refractivity (Wildman–Crippen MR) is 63.3 cm³/mol. The Labute approximate surface area is 99.9 Å². The van der Waals surface area contributed by atoms with Gasteiger partial charge < -0.3 is 4.74 Å². The first-order valence-electron chi connectivity index (χ1n) is 5.20. The van der Waals surface area contributed by atoms with Gasteiger partial charge in [0.2, 0.25) is 0 Å². The van der Waals surface area contributed by atoms with Crippen LogP contribution in [-0.2, 0) is 15.1 Å². The van der Waals surface area contributed by atoms with Crippen LogP contribution in [0.5, 0.6) is 0 Å². The average molecular weight is 237 g/mol. The lowest BCUT2D eigenvalue weighted by Crippen LogP contribution is -2.26. The maximum Gasteiger partial charge on any atom is 0.334 e. The van der Waals surface area contributed by atoms with Gasteiger partial charge in [0, 0.05) is 24.3 Å². The molecule has 0 radical (unpaired) electrons. The Kier molecular flexibility index (Phi) is 3.01. The molecular formula is C13H13ClO2. The largest absolute Gasteiger partial charge is 0.450 e. The molecule has 0 N–H and O–H groups in total. The van der Waals surface area contributed by atoms with Crippen LogP contribution in [0, 0.1) is 0 Å². The van der Waals surface area contributed by atoms with Crippen molar-refractivity contribution in [3.05, 3.63) is 48.0 Å². The van der Waals surface area contributed by atoms with Gasteiger partial charge in [0.15, 0.2) is 0 Å². The summed E-state index contributed by atoms with van der Waals surface area (Å²) in [5, 5.41) is 0. The number of carbonyl (C=O) groups excluding carboxylic acids is 1. The summed E-state index contributed by atoms with van der Waals surface area (Å²) < 4.78 is 5.46. The second kappa shape index (κ2) is 4.30. The van der Waals surface area contributed by atoms with Crippen LogP contribution in [0.3, 0.4) is 0 Å². The molecule has 1 fully saturated rings. The zero-order valence-electron chi connectivity index (χ0n) is 8.91. The first-order valence-corrected chi connectivity index (χ1v) is 5.74. The van der Waals surface area contributed by atoms with Crippen LogP contribution in [0.1, 0.15) is 18.4 Å². The number of benzene rings is 1. The van der Waals surface area contributed by atoms with E-state index >= 15 is 0 Å². The van der Waals surface area contributed by atoms with Crippen LogP contribution < -0.4 is 0 Å². The molecule has 0 aliphatic carbocycles. The van der Waals surface area contributed by atoms with E-state index in [0.29, 0.717) is 24.3 Å². The Morgan fingerprint density at radius 2 is 2.06 bits per heavy atom. The van der Waals surface area contributed by atoms with Crippen molar-refractivity contribution in [2.24, 2.45) is 0 Å². The summed E-state index contributed by atoms with van der Waals surface area (Å²) in [6.45, 7) is 3.72. The number of esters is 1. The van der Waals surface area contributed by atoms with Crippen molar-refractivity contribution in [1.29, 1.82) is 0 Å². The molecule has 1 atom stereocenters. The van der Waals surface area contributed by atoms with Crippen molar-refractivity contribution in [1.82, 2.24) is 0 Å². The highest BCUT2D eigenvalue weighted by Crippen LogP contribution is 2.41. The van der Waals surface area contributed by atoms with Crippen LogP contribution in [0.2, 0.25) is 0 Å². The van der Waals surface area contributed by atoms with E-state index in [1.54, 1.807) is 0 Å². The molecule has 84 valence electrons. The van der Waals surface area contributed by atoms with E-state index in [9.17, 15) is 4.79 Å². The maximum absolute atomic E-state index is 11.5. The minimum absolute atomic E-state index is 0.311. The number of halogens is 1. The molecule has 1 heterocycles. The first kappa shape index (κ1) is 11.2. The highest BCUT2D eigenvalue weighted by atomic mass is 35.5. The second-order valence-electron chi connectivity index (χ2n) is 3.97. The van der Waals surface area contributed by atoms with Gasteiger partial charge in [-0.1, -0.05) is 36.9 Å².